The predicted molar refractivity (Wildman–Crippen MR) is 125 cm³/mol. The van der Waals surface area contributed by atoms with E-state index < -0.39 is 29.0 Å². The zero-order valence-corrected chi connectivity index (χ0v) is 18.1. The summed E-state index contributed by atoms with van der Waals surface area (Å²) >= 11 is 0. The Morgan fingerprint density at radius 1 is 0.794 bits per heavy atom. The summed E-state index contributed by atoms with van der Waals surface area (Å²) < 4.78 is 34.1. The Labute approximate surface area is 194 Å². The molecule has 4 aromatic rings. The van der Waals surface area contributed by atoms with E-state index in [-0.39, 0.29) is 11.4 Å². The molecular formula is C26H21F2N3O3. The third-order valence-electron chi connectivity index (χ3n) is 5.91. The lowest BCUT2D eigenvalue weighted by molar-refractivity contribution is 0.0718. The van der Waals surface area contributed by atoms with Crippen LogP contribution in [-0.2, 0) is 0 Å². The molecule has 2 heterocycles. The molecule has 1 fully saturated rings. The highest BCUT2D eigenvalue weighted by Crippen LogP contribution is 2.33. The maximum Gasteiger partial charge on any atom is 0.291 e. The van der Waals surface area contributed by atoms with Gasteiger partial charge in [0.1, 0.15) is 28.5 Å². The first-order valence-corrected chi connectivity index (χ1v) is 10.9. The van der Waals surface area contributed by atoms with Crippen molar-refractivity contribution in [2.45, 2.75) is 0 Å². The number of piperazine rings is 1. The summed E-state index contributed by atoms with van der Waals surface area (Å²) in [7, 11) is 0. The highest BCUT2D eigenvalue weighted by Gasteiger charge is 2.30. The summed E-state index contributed by atoms with van der Waals surface area (Å²) in [6, 6.07) is 19.9. The Balaban J connectivity index is 1.42. The van der Waals surface area contributed by atoms with E-state index in [1.165, 1.54) is 6.07 Å². The second-order valence-electron chi connectivity index (χ2n) is 7.97. The highest BCUT2D eigenvalue weighted by atomic mass is 19.1. The molecular weight excluding hydrogens is 440 g/mol. The van der Waals surface area contributed by atoms with Gasteiger partial charge in [-0.15, -0.1) is 0 Å². The smallest absolute Gasteiger partial charge is 0.291 e. The number of para-hydroxylation sites is 2. The van der Waals surface area contributed by atoms with Gasteiger partial charge in [-0.2, -0.15) is 0 Å². The van der Waals surface area contributed by atoms with Crippen LogP contribution in [0.2, 0.25) is 0 Å². The van der Waals surface area contributed by atoms with Crippen LogP contribution < -0.4 is 10.2 Å². The molecule has 34 heavy (non-hydrogen) atoms. The molecule has 172 valence electrons. The maximum absolute atomic E-state index is 14.2. The fourth-order valence-electron chi connectivity index (χ4n) is 4.16. The lowest BCUT2D eigenvalue weighted by atomic mass is 10.1. The molecule has 1 aliphatic heterocycles. The van der Waals surface area contributed by atoms with Crippen LogP contribution in [0.1, 0.15) is 20.9 Å². The third-order valence-corrected chi connectivity index (χ3v) is 5.91. The molecule has 5 rings (SSSR count). The molecule has 0 saturated carbocycles. The van der Waals surface area contributed by atoms with Crippen molar-refractivity contribution in [1.29, 1.82) is 0 Å². The monoisotopic (exact) mass is 461 g/mol. The fraction of sp³-hybridized carbons (Fsp3) is 0.154. The first-order chi connectivity index (χ1) is 16.5. The molecule has 0 spiro atoms. The largest absolute Gasteiger partial charge is 0.449 e. The number of furan rings is 1. The van der Waals surface area contributed by atoms with E-state index in [0.29, 0.717) is 37.1 Å². The molecule has 1 aliphatic rings. The lowest BCUT2D eigenvalue weighted by Crippen LogP contribution is -2.48. The van der Waals surface area contributed by atoms with Crippen LogP contribution in [0.25, 0.3) is 11.0 Å². The number of fused-ring (bicyclic) bond motifs is 1. The normalized spacial score (nSPS) is 13.8. The van der Waals surface area contributed by atoms with E-state index in [2.05, 4.69) is 10.2 Å². The molecule has 0 radical (unpaired) electrons. The highest BCUT2D eigenvalue weighted by molar-refractivity contribution is 6.14. The number of anilines is 2. The van der Waals surface area contributed by atoms with Crippen molar-refractivity contribution in [3.63, 3.8) is 0 Å². The molecule has 6 nitrogen and oxygen atoms in total. The lowest BCUT2D eigenvalue weighted by Gasteiger charge is -2.35. The summed E-state index contributed by atoms with van der Waals surface area (Å²) in [5.41, 5.74) is 0.845. The topological polar surface area (TPSA) is 65.8 Å². The number of nitrogens with zero attached hydrogens (tertiary/aromatic N) is 2. The van der Waals surface area contributed by atoms with Gasteiger partial charge >= 0.3 is 0 Å². The van der Waals surface area contributed by atoms with Crippen molar-refractivity contribution in [1.82, 2.24) is 4.90 Å². The third kappa shape index (κ3) is 3.98. The number of carbonyl (C=O) groups excluding carboxylic acids is 2. The number of nitrogens with one attached hydrogen (secondary N) is 1. The second-order valence-corrected chi connectivity index (χ2v) is 7.97. The Morgan fingerprint density at radius 2 is 1.44 bits per heavy atom. The van der Waals surface area contributed by atoms with Crippen LogP contribution in [0.5, 0.6) is 0 Å². The van der Waals surface area contributed by atoms with Crippen LogP contribution >= 0.6 is 0 Å². The first-order valence-electron chi connectivity index (χ1n) is 10.9. The second kappa shape index (κ2) is 8.97. The van der Waals surface area contributed by atoms with Gasteiger partial charge in [0, 0.05) is 37.3 Å². The summed E-state index contributed by atoms with van der Waals surface area (Å²) in [6.07, 6.45) is 0. The van der Waals surface area contributed by atoms with Gasteiger partial charge < -0.3 is 19.5 Å². The number of carbonyl (C=O) groups is 2. The van der Waals surface area contributed by atoms with Gasteiger partial charge in [0.25, 0.3) is 11.8 Å². The van der Waals surface area contributed by atoms with Crippen molar-refractivity contribution in [2.24, 2.45) is 0 Å². The summed E-state index contributed by atoms with van der Waals surface area (Å²) in [5, 5.41) is 2.99. The van der Waals surface area contributed by atoms with E-state index in [9.17, 15) is 18.4 Å². The van der Waals surface area contributed by atoms with E-state index in [0.717, 1.165) is 17.8 Å². The molecule has 0 aliphatic carbocycles. The van der Waals surface area contributed by atoms with Crippen molar-refractivity contribution in [3.8, 4) is 0 Å². The SMILES string of the molecule is O=C(Nc1c(C(=O)N2CCN(c3ccccc3)CC2)oc2ccccc12)c1c(F)cccc1F. The molecule has 2 amide bonds. The number of amides is 2. The zero-order valence-electron chi connectivity index (χ0n) is 18.1. The van der Waals surface area contributed by atoms with Crippen LogP contribution in [0.15, 0.2) is 77.2 Å². The van der Waals surface area contributed by atoms with Crippen molar-refractivity contribution >= 4 is 34.2 Å². The average molecular weight is 461 g/mol. The number of halogens is 2. The quantitative estimate of drug-likeness (QED) is 0.468. The van der Waals surface area contributed by atoms with E-state index >= 15 is 0 Å². The first kappa shape index (κ1) is 21.6. The van der Waals surface area contributed by atoms with Crippen LogP contribution in [-0.4, -0.2) is 42.9 Å². The molecule has 0 bridgehead atoms. The average Bonchev–Trinajstić information content (AvgIpc) is 3.22. The fourth-order valence-corrected chi connectivity index (χ4v) is 4.16. The zero-order chi connectivity index (χ0) is 23.7. The maximum atomic E-state index is 14.2. The van der Waals surface area contributed by atoms with Gasteiger partial charge in [-0.3, -0.25) is 9.59 Å². The molecule has 1 aromatic heterocycles. The molecule has 3 aromatic carbocycles. The van der Waals surface area contributed by atoms with Crippen molar-refractivity contribution in [3.05, 3.63) is 95.8 Å². The minimum atomic E-state index is -0.995. The van der Waals surface area contributed by atoms with E-state index in [1.54, 1.807) is 29.2 Å². The Morgan fingerprint density at radius 3 is 2.15 bits per heavy atom. The molecule has 8 heteroatoms. The Bertz CT molecular complexity index is 1340. The van der Waals surface area contributed by atoms with Crippen LogP contribution in [0.3, 0.4) is 0 Å². The Hall–Kier alpha value is -4.20. The Kier molecular flexibility index (Phi) is 5.71. The minimum absolute atomic E-state index is 0.0699. The number of hydrogen-bond donors (Lipinski definition) is 1. The minimum Gasteiger partial charge on any atom is -0.449 e. The van der Waals surface area contributed by atoms with Crippen molar-refractivity contribution < 1.29 is 22.8 Å². The summed E-state index contributed by atoms with van der Waals surface area (Å²) in [6.45, 7) is 2.19. The molecule has 1 N–H and O–H groups in total. The standard InChI is InChI=1S/C26H21F2N3O3/c27-19-10-6-11-20(28)22(19)25(32)29-23-18-9-4-5-12-21(18)34-24(23)26(33)31-15-13-30(14-16-31)17-7-2-1-3-8-17/h1-12H,13-16H2,(H,29,32). The van der Waals surface area contributed by atoms with Crippen molar-refractivity contribution in [2.75, 3.05) is 36.4 Å². The number of benzene rings is 3. The van der Waals surface area contributed by atoms with E-state index in [1.807, 2.05) is 30.3 Å². The van der Waals surface area contributed by atoms with Gasteiger partial charge in [0.05, 0.1) is 0 Å². The number of rotatable bonds is 4. The van der Waals surface area contributed by atoms with Gasteiger partial charge in [-0.05, 0) is 36.4 Å². The molecule has 0 atom stereocenters. The van der Waals surface area contributed by atoms with Gasteiger partial charge in [-0.25, -0.2) is 8.78 Å². The van der Waals surface area contributed by atoms with Crippen LogP contribution in [0.4, 0.5) is 20.2 Å². The van der Waals surface area contributed by atoms with Crippen LogP contribution in [0, 0.1) is 11.6 Å². The summed E-state index contributed by atoms with van der Waals surface area (Å²) in [4.78, 5) is 30.0. The van der Waals surface area contributed by atoms with Gasteiger partial charge in [-0.1, -0.05) is 36.4 Å². The van der Waals surface area contributed by atoms with E-state index in [4.69, 9.17) is 4.42 Å². The predicted octanol–water partition coefficient (Wildman–Crippen LogP) is 4.93. The van der Waals surface area contributed by atoms with Gasteiger partial charge in [0.15, 0.2) is 0 Å². The molecule has 1 saturated heterocycles. The summed E-state index contributed by atoms with van der Waals surface area (Å²) in [5.74, 6) is -3.44. The van der Waals surface area contributed by atoms with Gasteiger partial charge in [0.2, 0.25) is 5.76 Å². The molecule has 0 unspecified atom stereocenters. The number of hydrogen-bond acceptors (Lipinski definition) is 4.